The van der Waals surface area contributed by atoms with E-state index in [1.165, 1.54) is 19.4 Å². The zero-order chi connectivity index (χ0) is 27.5. The number of nitrogens with zero attached hydrogens (tertiary/aromatic N) is 2. The molecule has 2 aromatic carbocycles. The number of methoxy groups -OCH3 is 1. The summed E-state index contributed by atoms with van der Waals surface area (Å²) in [6.07, 6.45) is 5.43. The molecule has 0 aliphatic rings. The van der Waals surface area contributed by atoms with Crippen molar-refractivity contribution >= 4 is 22.9 Å². The highest BCUT2D eigenvalue weighted by Crippen LogP contribution is 2.26. The molecule has 0 saturated heterocycles. The van der Waals surface area contributed by atoms with E-state index in [4.69, 9.17) is 9.47 Å². The molecule has 1 aromatic heterocycles. The van der Waals surface area contributed by atoms with Crippen LogP contribution < -0.4 is 4.74 Å². The lowest BCUT2D eigenvalue weighted by Gasteiger charge is -2.25. The number of carbonyl (C=O) groups excluding carboxylic acids is 1. The first-order valence-corrected chi connectivity index (χ1v) is 12.5. The van der Waals surface area contributed by atoms with E-state index in [2.05, 4.69) is 4.98 Å². The van der Waals surface area contributed by atoms with Crippen LogP contribution in [0.3, 0.4) is 0 Å². The van der Waals surface area contributed by atoms with Gasteiger partial charge in [0, 0.05) is 30.6 Å². The second-order valence-corrected chi connectivity index (χ2v) is 8.83. The molecule has 0 fully saturated rings. The summed E-state index contributed by atoms with van der Waals surface area (Å²) >= 11 is 0. The Kier molecular flexibility index (Phi) is 11.1. The maximum Gasteiger partial charge on any atom is 0.310 e. The first-order chi connectivity index (χ1) is 18.4. The minimum Gasteiger partial charge on any atom is -0.497 e. The Morgan fingerprint density at radius 2 is 1.95 bits per heavy atom. The van der Waals surface area contributed by atoms with Gasteiger partial charge in [0.1, 0.15) is 29.9 Å². The van der Waals surface area contributed by atoms with Gasteiger partial charge in [0.2, 0.25) is 0 Å². The molecule has 0 bridgehead atoms. The van der Waals surface area contributed by atoms with Crippen LogP contribution in [0, 0.1) is 23.4 Å². The third-order valence-corrected chi connectivity index (χ3v) is 6.23. The van der Waals surface area contributed by atoms with Gasteiger partial charge in [-0.15, -0.1) is 0 Å². The van der Waals surface area contributed by atoms with E-state index in [1.54, 1.807) is 36.1 Å². The van der Waals surface area contributed by atoms with E-state index < -0.39 is 36.0 Å². The van der Waals surface area contributed by atoms with Crippen molar-refractivity contribution in [2.45, 2.75) is 26.2 Å². The summed E-state index contributed by atoms with van der Waals surface area (Å²) in [5.74, 6) is -1.98. The number of ether oxygens (including phenoxy) is 2. The first-order valence-electron chi connectivity index (χ1n) is 12.5. The Balaban J connectivity index is 1.71. The second kappa shape index (κ2) is 14.5. The largest absolute Gasteiger partial charge is 0.497 e. The number of pyridine rings is 1. The molecule has 0 spiro atoms. The molecule has 9 heteroatoms. The molecule has 1 atom stereocenters. The summed E-state index contributed by atoms with van der Waals surface area (Å²) < 4.78 is 65.8. The van der Waals surface area contributed by atoms with Gasteiger partial charge in [0.25, 0.3) is 0 Å². The smallest absolute Gasteiger partial charge is 0.310 e. The summed E-state index contributed by atoms with van der Waals surface area (Å²) in [4.78, 5) is 18.6. The molecule has 3 aromatic rings. The molecule has 0 radical (unpaired) electrons. The minimum atomic E-state index is -0.645. The van der Waals surface area contributed by atoms with Crippen molar-refractivity contribution in [2.24, 2.45) is 5.92 Å². The zero-order valence-electron chi connectivity index (χ0n) is 21.6. The number of hydrogen-bond donors (Lipinski definition) is 0. The summed E-state index contributed by atoms with van der Waals surface area (Å²) in [6, 6.07) is 8.39. The maximum atomic E-state index is 14.7. The van der Waals surface area contributed by atoms with Crippen molar-refractivity contribution in [1.82, 2.24) is 9.88 Å². The van der Waals surface area contributed by atoms with Crippen molar-refractivity contribution in [3.63, 3.8) is 0 Å². The van der Waals surface area contributed by atoms with Gasteiger partial charge in [-0.3, -0.25) is 14.7 Å². The summed E-state index contributed by atoms with van der Waals surface area (Å²) in [7, 11) is 1.53. The summed E-state index contributed by atoms with van der Waals surface area (Å²) in [5.41, 5.74) is 1.20. The SMILES string of the molecule is CCOC(=O)C(CCCc1c(F)cnc2ccc(OC)cc12)CN(CC=Cc1cc(F)ccc1F)CCF. The number of alkyl halides is 1. The van der Waals surface area contributed by atoms with Crippen LogP contribution in [0.5, 0.6) is 5.75 Å². The standard InChI is InChI=1S/C29H32F4N2O3/c1-3-38-29(36)21(19-35(15-13-30)14-5-7-20-16-22(31)9-11-26(20)32)6-4-8-24-25-17-23(37-2)10-12-28(25)34-18-27(24)33/h5,7,9-12,16-18,21H,3-4,6,8,13-15,19H2,1-2H3. The van der Waals surface area contributed by atoms with Crippen molar-refractivity contribution in [2.75, 3.05) is 40.0 Å². The van der Waals surface area contributed by atoms with E-state index in [0.29, 0.717) is 41.5 Å². The fourth-order valence-electron chi connectivity index (χ4n) is 4.31. The lowest BCUT2D eigenvalue weighted by atomic mass is 9.97. The summed E-state index contributed by atoms with van der Waals surface area (Å²) in [6.45, 7) is 1.73. The molecule has 0 N–H and O–H groups in total. The van der Waals surface area contributed by atoms with E-state index in [-0.39, 0.29) is 31.8 Å². The van der Waals surface area contributed by atoms with E-state index in [9.17, 15) is 22.4 Å². The highest BCUT2D eigenvalue weighted by atomic mass is 19.1. The van der Waals surface area contributed by atoms with E-state index in [1.807, 2.05) is 0 Å². The average Bonchev–Trinajstić information content (AvgIpc) is 2.91. The summed E-state index contributed by atoms with van der Waals surface area (Å²) in [5, 5.41) is 0.644. The van der Waals surface area contributed by atoms with Crippen LogP contribution in [0.15, 0.2) is 48.7 Å². The van der Waals surface area contributed by atoms with Crippen molar-refractivity contribution in [3.05, 3.63) is 77.2 Å². The average molecular weight is 533 g/mol. The number of hydrogen-bond acceptors (Lipinski definition) is 5. The van der Waals surface area contributed by atoms with Crippen LogP contribution in [0.4, 0.5) is 17.6 Å². The van der Waals surface area contributed by atoms with Crippen molar-refractivity contribution in [3.8, 4) is 5.75 Å². The lowest BCUT2D eigenvalue weighted by molar-refractivity contribution is -0.149. The number of halogens is 4. The number of carbonyl (C=O) groups is 1. The van der Waals surface area contributed by atoms with Gasteiger partial charge in [-0.1, -0.05) is 12.2 Å². The number of aryl methyl sites for hydroxylation is 1. The van der Waals surface area contributed by atoms with E-state index >= 15 is 0 Å². The van der Waals surface area contributed by atoms with Gasteiger partial charge >= 0.3 is 5.97 Å². The van der Waals surface area contributed by atoms with Crippen molar-refractivity contribution < 1.29 is 31.8 Å². The van der Waals surface area contributed by atoms with Gasteiger partial charge in [-0.2, -0.15) is 0 Å². The van der Waals surface area contributed by atoms with Crippen LogP contribution in [0.2, 0.25) is 0 Å². The topological polar surface area (TPSA) is 51.7 Å². The maximum absolute atomic E-state index is 14.7. The van der Waals surface area contributed by atoms with Crippen LogP contribution in [0.1, 0.15) is 30.9 Å². The van der Waals surface area contributed by atoms with Gasteiger partial charge in [-0.25, -0.2) is 17.6 Å². The van der Waals surface area contributed by atoms with Crippen LogP contribution in [-0.2, 0) is 16.0 Å². The molecule has 0 aliphatic heterocycles. The number of fused-ring (bicyclic) bond motifs is 1. The molecule has 0 amide bonds. The van der Waals surface area contributed by atoms with Crippen molar-refractivity contribution in [1.29, 1.82) is 0 Å². The Bertz CT molecular complexity index is 1250. The molecular formula is C29H32F4N2O3. The Morgan fingerprint density at radius 3 is 2.68 bits per heavy atom. The van der Waals surface area contributed by atoms with Crippen LogP contribution in [0.25, 0.3) is 17.0 Å². The Hall–Kier alpha value is -3.46. The van der Waals surface area contributed by atoms with Crippen LogP contribution in [-0.4, -0.2) is 55.9 Å². The molecule has 204 valence electrons. The molecule has 1 unspecified atom stereocenters. The number of rotatable bonds is 14. The Labute approximate surface area is 220 Å². The second-order valence-electron chi connectivity index (χ2n) is 8.83. The monoisotopic (exact) mass is 532 g/mol. The quantitative estimate of drug-likeness (QED) is 0.184. The predicted molar refractivity (Wildman–Crippen MR) is 139 cm³/mol. The van der Waals surface area contributed by atoms with Gasteiger partial charge in [0.15, 0.2) is 0 Å². The highest BCUT2D eigenvalue weighted by molar-refractivity contribution is 5.83. The van der Waals surface area contributed by atoms with Gasteiger partial charge in [-0.05, 0) is 68.1 Å². The molecule has 0 aliphatic carbocycles. The third kappa shape index (κ3) is 8.02. The highest BCUT2D eigenvalue weighted by Gasteiger charge is 2.23. The molecule has 38 heavy (non-hydrogen) atoms. The number of benzene rings is 2. The van der Waals surface area contributed by atoms with Gasteiger partial charge < -0.3 is 9.47 Å². The Morgan fingerprint density at radius 1 is 1.13 bits per heavy atom. The lowest BCUT2D eigenvalue weighted by Crippen LogP contribution is -2.35. The molecule has 1 heterocycles. The molecule has 3 rings (SSSR count). The normalized spacial score (nSPS) is 12.4. The minimum absolute atomic E-state index is 0.0509. The number of esters is 1. The van der Waals surface area contributed by atoms with Gasteiger partial charge in [0.05, 0.1) is 31.3 Å². The predicted octanol–water partition coefficient (Wildman–Crippen LogP) is 6.15. The van der Waals surface area contributed by atoms with Crippen LogP contribution >= 0.6 is 0 Å². The molecular weight excluding hydrogens is 500 g/mol. The molecule has 0 saturated carbocycles. The number of aromatic nitrogens is 1. The zero-order valence-corrected chi connectivity index (χ0v) is 21.6. The third-order valence-electron chi connectivity index (χ3n) is 6.23. The molecule has 5 nitrogen and oxygen atoms in total. The fraction of sp³-hybridized carbons (Fsp3) is 0.379. The van der Waals surface area contributed by atoms with E-state index in [0.717, 1.165) is 18.2 Å². The fourth-order valence-corrected chi connectivity index (χ4v) is 4.31. The first kappa shape index (κ1) is 29.1.